The molecule has 0 aromatic heterocycles. The van der Waals surface area contributed by atoms with Crippen molar-refractivity contribution in [3.63, 3.8) is 0 Å². The van der Waals surface area contributed by atoms with E-state index in [-0.39, 0.29) is 16.1 Å². The van der Waals surface area contributed by atoms with Crippen LogP contribution >= 0.6 is 15.9 Å². The molecule has 0 atom stereocenters. The van der Waals surface area contributed by atoms with Crippen molar-refractivity contribution in [2.45, 2.75) is 25.8 Å². The van der Waals surface area contributed by atoms with E-state index in [0.717, 1.165) is 39.1 Å². The predicted molar refractivity (Wildman–Crippen MR) is 97.1 cm³/mol. The van der Waals surface area contributed by atoms with Gasteiger partial charge in [-0.15, -0.1) is 0 Å². The summed E-state index contributed by atoms with van der Waals surface area (Å²) >= 11 is 3.29. The summed E-state index contributed by atoms with van der Waals surface area (Å²) < 4.78 is 0.713. The Kier molecular flexibility index (Phi) is 6.00. The minimum Gasteiger partial charge on any atom is -0.375 e. The van der Waals surface area contributed by atoms with Crippen molar-refractivity contribution < 1.29 is 4.92 Å². The first-order valence-corrected chi connectivity index (χ1v) is 8.69. The van der Waals surface area contributed by atoms with Gasteiger partial charge in [0, 0.05) is 48.8 Å². The summed E-state index contributed by atoms with van der Waals surface area (Å²) in [7, 11) is 2.15. The van der Waals surface area contributed by atoms with Gasteiger partial charge in [0.25, 0.3) is 5.69 Å². The zero-order valence-electron chi connectivity index (χ0n) is 14.0. The molecule has 1 N–H and O–H groups in total. The van der Waals surface area contributed by atoms with Gasteiger partial charge in [-0.2, -0.15) is 0 Å². The van der Waals surface area contributed by atoms with Crippen molar-refractivity contribution >= 4 is 27.3 Å². The Bertz CT molecular complexity index is 557. The van der Waals surface area contributed by atoms with Gasteiger partial charge in [0.05, 0.1) is 4.92 Å². The van der Waals surface area contributed by atoms with Gasteiger partial charge in [-0.05, 0) is 39.4 Å². The van der Waals surface area contributed by atoms with E-state index in [1.54, 1.807) is 12.1 Å². The monoisotopic (exact) mass is 384 g/mol. The summed E-state index contributed by atoms with van der Waals surface area (Å²) in [5.74, 6) is 0. The molecule has 1 aliphatic rings. The van der Waals surface area contributed by atoms with Crippen LogP contribution in [0.3, 0.4) is 0 Å². The lowest BCUT2D eigenvalue weighted by atomic mass is 9.99. The van der Waals surface area contributed by atoms with Gasteiger partial charge in [-0.1, -0.05) is 15.9 Å². The van der Waals surface area contributed by atoms with Crippen molar-refractivity contribution in [1.82, 2.24) is 9.80 Å². The molecule has 0 unspecified atom stereocenters. The Balaban J connectivity index is 1.96. The van der Waals surface area contributed by atoms with Gasteiger partial charge < -0.3 is 15.1 Å². The van der Waals surface area contributed by atoms with Gasteiger partial charge in [0.1, 0.15) is 5.69 Å². The number of rotatable bonds is 6. The third kappa shape index (κ3) is 5.44. The highest BCUT2D eigenvalue weighted by Crippen LogP contribution is 2.31. The van der Waals surface area contributed by atoms with Crippen LogP contribution < -0.4 is 5.32 Å². The molecule has 1 saturated heterocycles. The number of hydrogen-bond donors (Lipinski definition) is 1. The Morgan fingerprint density at radius 2 is 1.96 bits per heavy atom. The third-order valence-electron chi connectivity index (χ3n) is 4.28. The quantitative estimate of drug-likeness (QED) is 0.602. The Morgan fingerprint density at radius 1 is 1.30 bits per heavy atom. The number of nitrogens with zero attached hydrogens (tertiary/aromatic N) is 3. The maximum absolute atomic E-state index is 11.2. The molecule has 0 saturated carbocycles. The van der Waals surface area contributed by atoms with Crippen molar-refractivity contribution in [2.75, 3.05) is 45.1 Å². The van der Waals surface area contributed by atoms with E-state index in [4.69, 9.17) is 0 Å². The summed E-state index contributed by atoms with van der Waals surface area (Å²) in [6.45, 7) is 9.57. The van der Waals surface area contributed by atoms with Crippen LogP contribution in [0.5, 0.6) is 0 Å². The maximum Gasteiger partial charge on any atom is 0.293 e. The molecule has 23 heavy (non-hydrogen) atoms. The smallest absolute Gasteiger partial charge is 0.293 e. The van der Waals surface area contributed by atoms with Crippen LogP contribution in [-0.2, 0) is 0 Å². The van der Waals surface area contributed by atoms with Crippen LogP contribution in [0.4, 0.5) is 11.4 Å². The number of likely N-dealkylation sites (N-methyl/N-ethyl adjacent to an activating group) is 1. The second-order valence-corrected chi connectivity index (χ2v) is 7.74. The molecule has 0 bridgehead atoms. The molecule has 128 valence electrons. The van der Waals surface area contributed by atoms with Gasteiger partial charge in [-0.25, -0.2) is 0 Å². The fraction of sp³-hybridized carbons (Fsp3) is 0.625. The van der Waals surface area contributed by atoms with E-state index in [1.807, 2.05) is 6.07 Å². The van der Waals surface area contributed by atoms with Gasteiger partial charge in [-0.3, -0.25) is 10.1 Å². The summed E-state index contributed by atoms with van der Waals surface area (Å²) in [4.78, 5) is 15.7. The molecular formula is C16H25BrN4O2. The van der Waals surface area contributed by atoms with Crippen molar-refractivity contribution in [2.24, 2.45) is 0 Å². The summed E-state index contributed by atoms with van der Waals surface area (Å²) in [5, 5.41) is 14.6. The Morgan fingerprint density at radius 3 is 2.57 bits per heavy atom. The van der Waals surface area contributed by atoms with Crippen molar-refractivity contribution in [3.8, 4) is 0 Å². The summed E-state index contributed by atoms with van der Waals surface area (Å²) in [5.41, 5.74) is 0.468. The lowest BCUT2D eigenvalue weighted by Crippen LogP contribution is -2.46. The number of hydrogen-bond acceptors (Lipinski definition) is 5. The molecule has 1 aromatic rings. The van der Waals surface area contributed by atoms with Crippen molar-refractivity contribution in [3.05, 3.63) is 32.8 Å². The average Bonchev–Trinajstić information content (AvgIpc) is 2.48. The minimum atomic E-state index is -0.344. The SMILES string of the molecule is CN1CCN(CCC(C)(C)Nc2ccc(Br)cc2[N+](=O)[O-])CC1. The molecule has 2 rings (SSSR count). The Hall–Kier alpha value is -1.18. The molecular weight excluding hydrogens is 360 g/mol. The number of nitro groups is 1. The van der Waals surface area contributed by atoms with E-state index in [1.165, 1.54) is 0 Å². The second-order valence-electron chi connectivity index (χ2n) is 6.82. The summed E-state index contributed by atoms with van der Waals surface area (Å²) in [6.07, 6.45) is 0.934. The lowest BCUT2D eigenvalue weighted by Gasteiger charge is -2.35. The first kappa shape index (κ1) is 18.2. The number of nitrogens with one attached hydrogen (secondary N) is 1. The number of piperazine rings is 1. The zero-order valence-corrected chi connectivity index (χ0v) is 15.6. The first-order valence-electron chi connectivity index (χ1n) is 7.90. The molecule has 0 amide bonds. The second kappa shape index (κ2) is 7.59. The van der Waals surface area contributed by atoms with Crippen LogP contribution in [0, 0.1) is 10.1 Å². The van der Waals surface area contributed by atoms with E-state index in [0.29, 0.717) is 10.2 Å². The normalized spacial score (nSPS) is 17.2. The molecule has 0 aliphatic carbocycles. The number of halogens is 1. The molecule has 0 radical (unpaired) electrons. The zero-order chi connectivity index (χ0) is 17.0. The van der Waals surface area contributed by atoms with E-state index in [2.05, 4.69) is 51.9 Å². The maximum atomic E-state index is 11.2. The third-order valence-corrected chi connectivity index (χ3v) is 4.77. The van der Waals surface area contributed by atoms with Crippen LogP contribution in [0.15, 0.2) is 22.7 Å². The molecule has 6 nitrogen and oxygen atoms in total. The molecule has 7 heteroatoms. The van der Waals surface area contributed by atoms with E-state index < -0.39 is 0 Å². The van der Waals surface area contributed by atoms with Gasteiger partial charge in [0.2, 0.25) is 0 Å². The first-order chi connectivity index (χ1) is 10.8. The van der Waals surface area contributed by atoms with Crippen LogP contribution in [0.25, 0.3) is 0 Å². The predicted octanol–water partition coefficient (Wildman–Crippen LogP) is 3.19. The van der Waals surface area contributed by atoms with Gasteiger partial charge in [0.15, 0.2) is 0 Å². The van der Waals surface area contributed by atoms with Crippen molar-refractivity contribution in [1.29, 1.82) is 0 Å². The fourth-order valence-corrected chi connectivity index (χ4v) is 3.05. The number of nitro benzene ring substituents is 1. The molecule has 1 heterocycles. The molecule has 1 fully saturated rings. The molecule has 1 aromatic carbocycles. The fourth-order valence-electron chi connectivity index (χ4n) is 2.70. The average molecular weight is 385 g/mol. The topological polar surface area (TPSA) is 61.6 Å². The standard InChI is InChI=1S/C16H25BrN4O2/c1-16(2,6-7-20-10-8-19(3)9-11-20)18-14-5-4-13(17)12-15(14)21(22)23/h4-5,12,18H,6-11H2,1-3H3. The highest BCUT2D eigenvalue weighted by atomic mass is 79.9. The highest BCUT2D eigenvalue weighted by Gasteiger charge is 2.24. The van der Waals surface area contributed by atoms with E-state index in [9.17, 15) is 10.1 Å². The van der Waals surface area contributed by atoms with Crippen LogP contribution in [0.1, 0.15) is 20.3 Å². The highest BCUT2D eigenvalue weighted by molar-refractivity contribution is 9.10. The molecule has 1 aliphatic heterocycles. The molecule has 0 spiro atoms. The van der Waals surface area contributed by atoms with E-state index >= 15 is 0 Å². The van der Waals surface area contributed by atoms with Crippen LogP contribution in [0.2, 0.25) is 0 Å². The number of benzene rings is 1. The van der Waals surface area contributed by atoms with Crippen LogP contribution in [-0.4, -0.2) is 60.0 Å². The minimum absolute atomic E-state index is 0.104. The Labute approximate surface area is 146 Å². The largest absolute Gasteiger partial charge is 0.375 e. The summed E-state index contributed by atoms with van der Waals surface area (Å²) in [6, 6.07) is 5.13. The van der Waals surface area contributed by atoms with Gasteiger partial charge >= 0.3 is 0 Å². The lowest BCUT2D eigenvalue weighted by molar-refractivity contribution is -0.384. The number of anilines is 1.